The number of hydrogen-bond donors (Lipinski definition) is 3. The molecule has 0 aromatic rings. The van der Waals surface area contributed by atoms with Gasteiger partial charge in [0.1, 0.15) is 12.7 Å². The third-order valence-electron chi connectivity index (χ3n) is 9.72. The lowest BCUT2D eigenvalue weighted by molar-refractivity contribution is -0.161. The predicted molar refractivity (Wildman–Crippen MR) is 237 cm³/mol. The van der Waals surface area contributed by atoms with Crippen molar-refractivity contribution in [3.63, 3.8) is 0 Å². The molecule has 338 valence electrons. The van der Waals surface area contributed by atoms with Crippen molar-refractivity contribution in [3.05, 3.63) is 48.6 Å². The van der Waals surface area contributed by atoms with Crippen LogP contribution in [0.1, 0.15) is 200 Å². The van der Waals surface area contributed by atoms with Gasteiger partial charge in [-0.15, -0.1) is 0 Å². The van der Waals surface area contributed by atoms with Crippen LogP contribution in [0.4, 0.5) is 0 Å². The Morgan fingerprint density at radius 2 is 0.948 bits per heavy atom. The molecule has 3 N–H and O–H groups in total. The highest BCUT2D eigenvalue weighted by Gasteiger charge is 2.27. The van der Waals surface area contributed by atoms with Crippen molar-refractivity contribution in [2.75, 3.05) is 26.4 Å². The maximum atomic E-state index is 12.6. The minimum Gasteiger partial charge on any atom is -0.462 e. The molecule has 3 unspecified atom stereocenters. The van der Waals surface area contributed by atoms with Crippen LogP contribution in [-0.2, 0) is 32.7 Å². The van der Waals surface area contributed by atoms with Gasteiger partial charge in [-0.05, 0) is 70.6 Å². The zero-order valence-corrected chi connectivity index (χ0v) is 37.6. The molecular weight excluding hydrogens is 755 g/mol. The number of phosphoric ester groups is 1. The molecule has 0 radical (unpaired) electrons. The highest BCUT2D eigenvalue weighted by Crippen LogP contribution is 2.43. The first-order chi connectivity index (χ1) is 28.2. The zero-order chi connectivity index (χ0) is 42.6. The molecule has 0 spiro atoms. The summed E-state index contributed by atoms with van der Waals surface area (Å²) in [4.78, 5) is 35.1. The quantitative estimate of drug-likeness (QED) is 0.0234. The van der Waals surface area contributed by atoms with E-state index in [-0.39, 0.29) is 19.4 Å². The largest absolute Gasteiger partial charge is 0.472 e. The molecule has 0 saturated carbocycles. The lowest BCUT2D eigenvalue weighted by Crippen LogP contribution is -2.29. The molecule has 0 saturated heterocycles. The van der Waals surface area contributed by atoms with E-state index >= 15 is 0 Å². The second-order valence-corrected chi connectivity index (χ2v) is 16.8. The van der Waals surface area contributed by atoms with Gasteiger partial charge < -0.3 is 24.6 Å². The SMILES string of the molecule is CC/C=C\C/C=C\C/C=C\CCCCCCCCCC(=O)OC(COC(=O)CCCCCCCCC/C=C\CCCCCCCCC)COP(=O)(O)OCC(O)CO. The third kappa shape index (κ3) is 42.1. The van der Waals surface area contributed by atoms with E-state index in [1.807, 2.05) is 0 Å². The van der Waals surface area contributed by atoms with Crippen LogP contribution in [0.3, 0.4) is 0 Å². The Morgan fingerprint density at radius 1 is 0.534 bits per heavy atom. The monoisotopic (exact) mass is 841 g/mol. The molecular formula is C47H85O10P. The second-order valence-electron chi connectivity index (χ2n) is 15.4. The number of unbranched alkanes of at least 4 members (excludes halogenated alkanes) is 21. The summed E-state index contributed by atoms with van der Waals surface area (Å²) in [5.41, 5.74) is 0. The van der Waals surface area contributed by atoms with Gasteiger partial charge >= 0.3 is 19.8 Å². The van der Waals surface area contributed by atoms with Crippen LogP contribution in [0.5, 0.6) is 0 Å². The fraction of sp³-hybridized carbons (Fsp3) is 0.787. The Labute approximate surface area is 353 Å². The lowest BCUT2D eigenvalue weighted by atomic mass is 10.1. The Morgan fingerprint density at radius 3 is 1.45 bits per heavy atom. The standard InChI is InChI=1S/C47H85O10P/c1-3-5-7-9-11-13-15-17-19-21-23-24-26-28-30-32-34-36-38-46(50)54-42-45(43-56-58(52,53)55-41-44(49)40-48)57-47(51)39-37-35-33-31-29-27-25-22-20-18-16-14-12-10-8-6-4-2/h6,8,12,14,18-21,44-45,48-49H,3-5,7,9-11,13,15-17,22-43H2,1-2H3,(H,52,53)/b8-6-,14-12-,20-18-,21-19-. The molecule has 0 aromatic carbocycles. The van der Waals surface area contributed by atoms with E-state index in [9.17, 15) is 24.2 Å². The summed E-state index contributed by atoms with van der Waals surface area (Å²) in [6.07, 6.45) is 46.4. The first-order valence-electron chi connectivity index (χ1n) is 23.1. The van der Waals surface area contributed by atoms with Crippen molar-refractivity contribution in [3.8, 4) is 0 Å². The first-order valence-corrected chi connectivity index (χ1v) is 24.6. The van der Waals surface area contributed by atoms with Gasteiger partial charge in [0.2, 0.25) is 0 Å². The molecule has 0 bridgehead atoms. The van der Waals surface area contributed by atoms with Crippen LogP contribution in [0.2, 0.25) is 0 Å². The van der Waals surface area contributed by atoms with Gasteiger partial charge in [0.15, 0.2) is 6.10 Å². The average molecular weight is 841 g/mol. The number of esters is 2. The Bertz CT molecular complexity index is 1110. The van der Waals surface area contributed by atoms with Gasteiger partial charge in [-0.2, -0.15) is 0 Å². The molecule has 0 fully saturated rings. The van der Waals surface area contributed by atoms with Crippen molar-refractivity contribution >= 4 is 19.8 Å². The van der Waals surface area contributed by atoms with Crippen molar-refractivity contribution in [2.24, 2.45) is 0 Å². The number of carbonyl (C=O) groups is 2. The molecule has 0 aliphatic heterocycles. The number of rotatable bonds is 43. The number of hydrogen-bond acceptors (Lipinski definition) is 9. The molecule has 0 rings (SSSR count). The van der Waals surface area contributed by atoms with Gasteiger partial charge in [-0.3, -0.25) is 18.6 Å². The van der Waals surface area contributed by atoms with E-state index in [1.165, 1.54) is 83.5 Å². The minimum absolute atomic E-state index is 0.171. The van der Waals surface area contributed by atoms with Gasteiger partial charge in [0, 0.05) is 12.8 Å². The highest BCUT2D eigenvalue weighted by atomic mass is 31.2. The topological polar surface area (TPSA) is 149 Å². The molecule has 0 aliphatic rings. The number of aliphatic hydroxyl groups is 2. The molecule has 0 amide bonds. The van der Waals surface area contributed by atoms with E-state index in [0.717, 1.165) is 77.0 Å². The maximum Gasteiger partial charge on any atom is 0.472 e. The summed E-state index contributed by atoms with van der Waals surface area (Å²) in [6.45, 7) is 2.26. The van der Waals surface area contributed by atoms with Crippen LogP contribution >= 0.6 is 7.82 Å². The van der Waals surface area contributed by atoms with Gasteiger partial charge in [0.25, 0.3) is 0 Å². The summed E-state index contributed by atoms with van der Waals surface area (Å²) >= 11 is 0. The summed E-state index contributed by atoms with van der Waals surface area (Å²) in [5, 5.41) is 18.4. The smallest absolute Gasteiger partial charge is 0.462 e. The Kier molecular flexibility index (Phi) is 41.5. The van der Waals surface area contributed by atoms with E-state index < -0.39 is 51.8 Å². The van der Waals surface area contributed by atoms with E-state index in [0.29, 0.717) is 12.8 Å². The van der Waals surface area contributed by atoms with Crippen LogP contribution < -0.4 is 0 Å². The summed E-state index contributed by atoms with van der Waals surface area (Å²) < 4.78 is 32.8. The van der Waals surface area contributed by atoms with Crippen molar-refractivity contribution in [1.29, 1.82) is 0 Å². The zero-order valence-electron chi connectivity index (χ0n) is 36.8. The first kappa shape index (κ1) is 55.9. The van der Waals surface area contributed by atoms with Crippen molar-refractivity contribution < 1.29 is 47.8 Å². The highest BCUT2D eigenvalue weighted by molar-refractivity contribution is 7.47. The summed E-state index contributed by atoms with van der Waals surface area (Å²) in [6, 6.07) is 0. The molecule has 10 nitrogen and oxygen atoms in total. The molecule has 3 atom stereocenters. The Balaban J connectivity index is 4.27. The normalized spacial score (nSPS) is 14.2. The number of allylic oxidation sites excluding steroid dienone is 8. The van der Waals surface area contributed by atoms with E-state index in [2.05, 4.69) is 62.5 Å². The summed E-state index contributed by atoms with van der Waals surface area (Å²) in [7, 11) is -4.62. The summed E-state index contributed by atoms with van der Waals surface area (Å²) in [5.74, 6) is -0.939. The number of carbonyl (C=O) groups excluding carboxylic acids is 2. The van der Waals surface area contributed by atoms with E-state index in [4.69, 9.17) is 23.6 Å². The van der Waals surface area contributed by atoms with Gasteiger partial charge in [0.05, 0.1) is 19.8 Å². The van der Waals surface area contributed by atoms with E-state index in [1.54, 1.807) is 0 Å². The molecule has 0 heterocycles. The van der Waals surface area contributed by atoms with Crippen molar-refractivity contribution in [2.45, 2.75) is 212 Å². The molecule has 11 heteroatoms. The second kappa shape index (κ2) is 43.0. The minimum atomic E-state index is -4.62. The fourth-order valence-corrected chi connectivity index (χ4v) is 6.97. The van der Waals surface area contributed by atoms with Crippen LogP contribution in [0.25, 0.3) is 0 Å². The predicted octanol–water partition coefficient (Wildman–Crippen LogP) is 12.5. The molecule has 0 aromatic heterocycles. The van der Waals surface area contributed by atoms with Crippen LogP contribution in [0.15, 0.2) is 48.6 Å². The number of ether oxygens (including phenoxy) is 2. The average Bonchev–Trinajstić information content (AvgIpc) is 3.21. The third-order valence-corrected chi connectivity index (χ3v) is 10.7. The van der Waals surface area contributed by atoms with Crippen LogP contribution in [-0.4, -0.2) is 65.7 Å². The number of aliphatic hydroxyl groups excluding tert-OH is 2. The number of phosphoric acid groups is 1. The molecule has 58 heavy (non-hydrogen) atoms. The Hall–Kier alpha value is -2.07. The molecule has 0 aliphatic carbocycles. The van der Waals surface area contributed by atoms with Crippen molar-refractivity contribution in [1.82, 2.24) is 0 Å². The lowest BCUT2D eigenvalue weighted by Gasteiger charge is -2.20. The van der Waals surface area contributed by atoms with Gasteiger partial charge in [-0.1, -0.05) is 165 Å². The fourth-order valence-electron chi connectivity index (χ4n) is 6.18. The van der Waals surface area contributed by atoms with Crippen LogP contribution in [0, 0.1) is 0 Å². The maximum absolute atomic E-state index is 12.6. The van der Waals surface area contributed by atoms with Gasteiger partial charge in [-0.25, -0.2) is 4.57 Å².